The Morgan fingerprint density at radius 3 is 2.73 bits per heavy atom. The summed E-state index contributed by atoms with van der Waals surface area (Å²) < 4.78 is 0. The Balaban J connectivity index is 2.56. The topological polar surface area (TPSA) is 52.0 Å². The maximum absolute atomic E-state index is 5.60. The van der Waals surface area contributed by atoms with Gasteiger partial charge in [-0.2, -0.15) is 0 Å². The molecule has 0 aromatic carbocycles. The number of hydrogen-bond acceptors (Lipinski definition) is 3. The van der Waals surface area contributed by atoms with Gasteiger partial charge in [0.15, 0.2) is 0 Å². The summed E-state index contributed by atoms with van der Waals surface area (Å²) in [5, 5.41) is 2.08. The minimum absolute atomic E-state index is 0.472. The lowest BCUT2D eigenvalue weighted by molar-refractivity contribution is 0.653. The fraction of sp³-hybridized carbons (Fsp3) is 0.500. The van der Waals surface area contributed by atoms with Crippen LogP contribution < -0.4 is 11.5 Å². The quantitative estimate of drug-likeness (QED) is 0.712. The number of thiophene rings is 1. The number of hydrogen-bond donors (Lipinski definition) is 2. The predicted octanol–water partition coefficient (Wildman–Crippen LogP) is 1.14. The molecule has 0 spiro atoms. The van der Waals surface area contributed by atoms with Gasteiger partial charge in [-0.15, -0.1) is 11.3 Å². The zero-order valence-corrected chi connectivity index (χ0v) is 7.31. The van der Waals surface area contributed by atoms with Crippen LogP contribution in [-0.2, 0) is 0 Å². The van der Waals surface area contributed by atoms with Crippen LogP contribution in [0, 0.1) is 0 Å². The van der Waals surface area contributed by atoms with Gasteiger partial charge in [0, 0.05) is 17.3 Å². The second-order valence-corrected chi connectivity index (χ2v) is 3.50. The molecule has 0 aliphatic carbocycles. The fourth-order valence-electron chi connectivity index (χ4n) is 1.10. The molecule has 1 rings (SSSR count). The van der Waals surface area contributed by atoms with E-state index in [1.54, 1.807) is 11.3 Å². The molecule has 0 radical (unpaired) electrons. The van der Waals surface area contributed by atoms with Crippen molar-refractivity contribution >= 4 is 11.3 Å². The molecule has 3 heteroatoms. The monoisotopic (exact) mass is 170 g/mol. The van der Waals surface area contributed by atoms with Crippen LogP contribution in [0.2, 0.25) is 0 Å². The molecule has 1 atom stereocenters. The van der Waals surface area contributed by atoms with Crippen LogP contribution in [0.25, 0.3) is 0 Å². The highest BCUT2D eigenvalue weighted by Crippen LogP contribution is 2.22. The SMILES string of the molecule is NCCC(CN)c1cccs1. The van der Waals surface area contributed by atoms with E-state index in [0.717, 1.165) is 13.0 Å². The van der Waals surface area contributed by atoms with Gasteiger partial charge >= 0.3 is 0 Å². The Bertz CT molecular complexity index is 184. The van der Waals surface area contributed by atoms with Crippen LogP contribution in [0.3, 0.4) is 0 Å². The van der Waals surface area contributed by atoms with E-state index in [4.69, 9.17) is 11.5 Å². The Hall–Kier alpha value is -0.380. The molecule has 62 valence electrons. The first kappa shape index (κ1) is 8.71. The van der Waals surface area contributed by atoms with Crippen LogP contribution in [0.1, 0.15) is 17.2 Å². The second-order valence-electron chi connectivity index (χ2n) is 2.53. The van der Waals surface area contributed by atoms with Gasteiger partial charge in [0.05, 0.1) is 0 Å². The van der Waals surface area contributed by atoms with Crippen molar-refractivity contribution in [1.82, 2.24) is 0 Å². The average Bonchev–Trinajstić information content (AvgIpc) is 2.52. The van der Waals surface area contributed by atoms with Crippen molar-refractivity contribution in [3.63, 3.8) is 0 Å². The Labute approximate surface area is 71.2 Å². The highest BCUT2D eigenvalue weighted by Gasteiger charge is 2.08. The summed E-state index contributed by atoms with van der Waals surface area (Å²) in [5.41, 5.74) is 11.1. The molecule has 2 nitrogen and oxygen atoms in total. The molecule has 1 heterocycles. The summed E-state index contributed by atoms with van der Waals surface area (Å²) in [4.78, 5) is 1.36. The molecule has 0 aliphatic heterocycles. The van der Waals surface area contributed by atoms with Gasteiger partial charge in [0.25, 0.3) is 0 Å². The lowest BCUT2D eigenvalue weighted by Crippen LogP contribution is -2.15. The largest absolute Gasteiger partial charge is 0.330 e. The predicted molar refractivity (Wildman–Crippen MR) is 49.8 cm³/mol. The molecule has 0 saturated carbocycles. The van der Waals surface area contributed by atoms with Crippen LogP contribution in [0.5, 0.6) is 0 Å². The molecule has 0 saturated heterocycles. The first-order valence-electron chi connectivity index (χ1n) is 3.82. The first-order chi connectivity index (χ1) is 5.38. The third-order valence-corrected chi connectivity index (χ3v) is 2.78. The molecule has 0 aliphatic rings. The normalized spacial score (nSPS) is 13.3. The minimum Gasteiger partial charge on any atom is -0.330 e. The maximum atomic E-state index is 5.60. The molecule has 1 aromatic rings. The van der Waals surface area contributed by atoms with E-state index in [1.807, 2.05) is 0 Å². The van der Waals surface area contributed by atoms with Crippen LogP contribution >= 0.6 is 11.3 Å². The van der Waals surface area contributed by atoms with Gasteiger partial charge < -0.3 is 11.5 Å². The third-order valence-electron chi connectivity index (χ3n) is 1.75. The van der Waals surface area contributed by atoms with E-state index < -0.39 is 0 Å². The zero-order chi connectivity index (χ0) is 8.10. The Morgan fingerprint density at radius 1 is 1.45 bits per heavy atom. The highest BCUT2D eigenvalue weighted by atomic mass is 32.1. The lowest BCUT2D eigenvalue weighted by atomic mass is 10.0. The van der Waals surface area contributed by atoms with Crippen molar-refractivity contribution in [2.45, 2.75) is 12.3 Å². The standard InChI is InChI=1S/C8H14N2S/c9-4-3-7(6-10)8-2-1-5-11-8/h1-2,5,7H,3-4,6,9-10H2. The van der Waals surface area contributed by atoms with E-state index in [0.29, 0.717) is 12.5 Å². The zero-order valence-electron chi connectivity index (χ0n) is 6.49. The van der Waals surface area contributed by atoms with Crippen molar-refractivity contribution in [2.24, 2.45) is 11.5 Å². The van der Waals surface area contributed by atoms with Gasteiger partial charge in [0.1, 0.15) is 0 Å². The van der Waals surface area contributed by atoms with E-state index in [9.17, 15) is 0 Å². The van der Waals surface area contributed by atoms with E-state index >= 15 is 0 Å². The molecule has 1 aromatic heterocycles. The molecule has 0 bridgehead atoms. The smallest absolute Gasteiger partial charge is 0.00892 e. The van der Waals surface area contributed by atoms with Gasteiger partial charge in [-0.3, -0.25) is 0 Å². The Morgan fingerprint density at radius 2 is 2.27 bits per heavy atom. The maximum Gasteiger partial charge on any atom is 0.00892 e. The summed E-state index contributed by atoms with van der Waals surface area (Å²) in [6.45, 7) is 1.43. The lowest BCUT2D eigenvalue weighted by Gasteiger charge is -2.10. The van der Waals surface area contributed by atoms with E-state index in [2.05, 4.69) is 17.5 Å². The van der Waals surface area contributed by atoms with Gasteiger partial charge in [-0.05, 0) is 24.4 Å². The van der Waals surface area contributed by atoms with Crippen LogP contribution in [0.15, 0.2) is 17.5 Å². The average molecular weight is 170 g/mol. The second kappa shape index (κ2) is 4.49. The molecular weight excluding hydrogens is 156 g/mol. The molecule has 0 fully saturated rings. The van der Waals surface area contributed by atoms with Crippen LogP contribution in [-0.4, -0.2) is 13.1 Å². The molecule has 0 amide bonds. The third kappa shape index (κ3) is 2.29. The molecule has 1 unspecified atom stereocenters. The van der Waals surface area contributed by atoms with Gasteiger partial charge in [-0.25, -0.2) is 0 Å². The first-order valence-corrected chi connectivity index (χ1v) is 4.70. The van der Waals surface area contributed by atoms with E-state index in [-0.39, 0.29) is 0 Å². The van der Waals surface area contributed by atoms with Crippen molar-refractivity contribution in [1.29, 1.82) is 0 Å². The van der Waals surface area contributed by atoms with Crippen LogP contribution in [0.4, 0.5) is 0 Å². The summed E-state index contributed by atoms with van der Waals surface area (Å²) in [6, 6.07) is 4.18. The Kier molecular flexibility index (Phi) is 3.56. The van der Waals surface area contributed by atoms with Crippen molar-refractivity contribution in [3.8, 4) is 0 Å². The molecular formula is C8H14N2S. The summed E-state index contributed by atoms with van der Waals surface area (Å²) in [6.07, 6.45) is 0.997. The van der Waals surface area contributed by atoms with E-state index in [1.165, 1.54) is 4.88 Å². The minimum atomic E-state index is 0.472. The number of nitrogens with two attached hydrogens (primary N) is 2. The summed E-state index contributed by atoms with van der Waals surface area (Å²) >= 11 is 1.76. The van der Waals surface area contributed by atoms with Gasteiger partial charge in [0.2, 0.25) is 0 Å². The fourth-order valence-corrected chi connectivity index (χ4v) is 1.98. The molecule has 4 N–H and O–H groups in total. The summed E-state index contributed by atoms with van der Waals surface area (Å²) in [7, 11) is 0. The van der Waals surface area contributed by atoms with Gasteiger partial charge in [-0.1, -0.05) is 6.07 Å². The highest BCUT2D eigenvalue weighted by molar-refractivity contribution is 7.10. The number of rotatable bonds is 4. The van der Waals surface area contributed by atoms with Crippen molar-refractivity contribution in [3.05, 3.63) is 22.4 Å². The summed E-state index contributed by atoms with van der Waals surface area (Å²) in [5.74, 6) is 0.472. The van der Waals surface area contributed by atoms with Crippen molar-refractivity contribution < 1.29 is 0 Å². The van der Waals surface area contributed by atoms with Crippen molar-refractivity contribution in [2.75, 3.05) is 13.1 Å². The molecule has 11 heavy (non-hydrogen) atoms.